The molecule has 0 radical (unpaired) electrons. The van der Waals surface area contributed by atoms with Crippen molar-refractivity contribution in [2.75, 3.05) is 13.7 Å². The Morgan fingerprint density at radius 3 is 2.53 bits per heavy atom. The van der Waals surface area contributed by atoms with Gasteiger partial charge in [0, 0.05) is 5.56 Å². The van der Waals surface area contributed by atoms with Crippen molar-refractivity contribution in [2.24, 2.45) is 0 Å². The Bertz CT molecular complexity index is 420. The molecule has 0 spiro atoms. The maximum Gasteiger partial charge on any atom is 0.601 e. The highest BCUT2D eigenvalue weighted by atomic mass is 35.5. The van der Waals surface area contributed by atoms with Crippen LogP contribution in [0, 0.1) is 6.92 Å². The van der Waals surface area contributed by atoms with Crippen LogP contribution in [-0.4, -0.2) is 25.8 Å². The molecule has 0 amide bonds. The van der Waals surface area contributed by atoms with E-state index in [4.69, 9.17) is 4.74 Å². The molecule has 0 aliphatic carbocycles. The Hall–Kier alpha value is -1.62. The van der Waals surface area contributed by atoms with Gasteiger partial charge in [-0.1, -0.05) is 4.57 Å². The zero-order valence-electron chi connectivity index (χ0n) is 9.90. The summed E-state index contributed by atoms with van der Waals surface area (Å²) < 4.78 is 10.6. The number of aryl methyl sites for hydroxylation is 1. The van der Waals surface area contributed by atoms with Crippen LogP contribution in [0.5, 0.6) is 0 Å². The molecule has 0 aliphatic heterocycles. The van der Waals surface area contributed by atoms with Gasteiger partial charge in [0.15, 0.2) is 12.4 Å². The third-order valence-corrected chi connectivity index (χ3v) is 1.90. The van der Waals surface area contributed by atoms with Crippen LogP contribution in [0.1, 0.15) is 22.8 Å². The lowest BCUT2D eigenvalue weighted by Crippen LogP contribution is -3.00. The highest BCUT2D eigenvalue weighted by Crippen LogP contribution is 2.01. The summed E-state index contributed by atoms with van der Waals surface area (Å²) in [5.41, 5.74) is 1.09. The highest BCUT2D eigenvalue weighted by Gasteiger charge is 2.20. The predicted molar refractivity (Wildman–Crippen MR) is 55.1 cm³/mol. The number of ether oxygens (including phenoxy) is 2. The number of carbonyl (C=O) groups excluding carboxylic acids is 2. The number of pyridine rings is 1. The number of nitrogens with zero attached hydrogens (tertiary/aromatic N) is 1. The molecule has 0 fully saturated rings. The van der Waals surface area contributed by atoms with E-state index in [1.54, 1.807) is 26.1 Å². The first-order valence-electron chi connectivity index (χ1n) is 4.87. The van der Waals surface area contributed by atoms with Crippen LogP contribution in [0.25, 0.3) is 0 Å². The fourth-order valence-electron chi connectivity index (χ4n) is 1.26. The highest BCUT2D eigenvalue weighted by molar-refractivity contribution is 5.88. The lowest BCUT2D eigenvalue weighted by molar-refractivity contribution is -0.586. The monoisotopic (exact) mass is 259 g/mol. The molecule has 0 bridgehead atoms. The molecule has 1 aromatic heterocycles. The van der Waals surface area contributed by atoms with Crippen molar-refractivity contribution >= 4 is 12.1 Å². The Labute approximate surface area is 106 Å². The summed E-state index contributed by atoms with van der Waals surface area (Å²) in [5.74, 6) is -0.484. The molecule has 1 aromatic rings. The molecule has 0 N–H and O–H groups in total. The van der Waals surface area contributed by atoms with E-state index < -0.39 is 12.1 Å². The van der Waals surface area contributed by atoms with E-state index in [1.165, 1.54) is 17.9 Å². The van der Waals surface area contributed by atoms with Crippen LogP contribution >= 0.6 is 0 Å². The van der Waals surface area contributed by atoms with E-state index in [-0.39, 0.29) is 19.0 Å². The number of aromatic nitrogens is 1. The minimum Gasteiger partial charge on any atom is -1.00 e. The van der Waals surface area contributed by atoms with Gasteiger partial charge in [0.25, 0.3) is 0 Å². The molecule has 0 aromatic carbocycles. The molecule has 0 saturated carbocycles. The van der Waals surface area contributed by atoms with Gasteiger partial charge < -0.3 is 21.9 Å². The standard InChI is InChI=1S/C11H14NO4.ClH/c1-4-16-11(14)12-6-8(2)5-9(7-12)10(13)15-3;/h5-7H,4H2,1-3H3;1H/q+1;/p-1. The Balaban J connectivity index is 0.00000256. The summed E-state index contributed by atoms with van der Waals surface area (Å²) in [5, 5.41) is 0. The smallest absolute Gasteiger partial charge is 0.601 e. The van der Waals surface area contributed by atoms with Gasteiger partial charge in [0.2, 0.25) is 0 Å². The molecule has 17 heavy (non-hydrogen) atoms. The minimum atomic E-state index is -0.517. The van der Waals surface area contributed by atoms with Gasteiger partial charge in [-0.15, -0.1) is 0 Å². The van der Waals surface area contributed by atoms with E-state index in [9.17, 15) is 9.59 Å². The molecular weight excluding hydrogens is 246 g/mol. The number of methoxy groups -OCH3 is 1. The number of hydrogen-bond acceptors (Lipinski definition) is 4. The third-order valence-electron chi connectivity index (χ3n) is 1.90. The molecular formula is C11H14ClNO4. The molecule has 1 heterocycles. The summed E-state index contributed by atoms with van der Waals surface area (Å²) in [7, 11) is 1.29. The van der Waals surface area contributed by atoms with Crippen LogP contribution in [0.4, 0.5) is 4.79 Å². The van der Waals surface area contributed by atoms with Crippen molar-refractivity contribution in [3.05, 3.63) is 29.6 Å². The van der Waals surface area contributed by atoms with Crippen molar-refractivity contribution in [3.8, 4) is 0 Å². The second kappa shape index (κ2) is 6.85. The van der Waals surface area contributed by atoms with Gasteiger partial charge in [-0.25, -0.2) is 4.79 Å². The van der Waals surface area contributed by atoms with E-state index in [0.29, 0.717) is 5.56 Å². The number of carbonyl (C=O) groups is 2. The van der Waals surface area contributed by atoms with Crippen molar-refractivity contribution < 1.29 is 36.0 Å². The van der Waals surface area contributed by atoms with Crippen LogP contribution in [0.3, 0.4) is 0 Å². The van der Waals surface area contributed by atoms with Crippen LogP contribution in [0.15, 0.2) is 18.5 Å². The Kier molecular flexibility index (Phi) is 6.20. The zero-order valence-corrected chi connectivity index (χ0v) is 10.7. The predicted octanol–water partition coefficient (Wildman–Crippen LogP) is -1.92. The molecule has 94 valence electrons. The van der Waals surface area contributed by atoms with Gasteiger partial charge in [0.1, 0.15) is 5.56 Å². The van der Waals surface area contributed by atoms with E-state index >= 15 is 0 Å². The summed E-state index contributed by atoms with van der Waals surface area (Å²) in [6, 6.07) is 1.64. The van der Waals surface area contributed by atoms with Crippen molar-refractivity contribution in [2.45, 2.75) is 13.8 Å². The Morgan fingerprint density at radius 1 is 1.35 bits per heavy atom. The van der Waals surface area contributed by atoms with Gasteiger partial charge in [0.05, 0.1) is 13.7 Å². The average molecular weight is 260 g/mol. The van der Waals surface area contributed by atoms with Crippen LogP contribution in [0.2, 0.25) is 0 Å². The zero-order chi connectivity index (χ0) is 12.1. The summed E-state index contributed by atoms with van der Waals surface area (Å²) >= 11 is 0. The summed E-state index contributed by atoms with van der Waals surface area (Å²) in [4.78, 5) is 22.8. The molecule has 6 heteroatoms. The normalized spacial score (nSPS) is 9.12. The molecule has 1 rings (SSSR count). The number of esters is 1. The molecule has 0 atom stereocenters. The first-order valence-corrected chi connectivity index (χ1v) is 4.87. The fraction of sp³-hybridized carbons (Fsp3) is 0.364. The molecule has 0 aliphatic rings. The topological polar surface area (TPSA) is 56.5 Å². The SMILES string of the molecule is CCOC(=O)[n+]1cc(C)cc(C(=O)OC)c1.[Cl-]. The minimum absolute atomic E-state index is 0. The summed E-state index contributed by atoms with van der Waals surface area (Å²) in [6.45, 7) is 3.78. The fourth-order valence-corrected chi connectivity index (χ4v) is 1.26. The quantitative estimate of drug-likeness (QED) is 0.459. The first kappa shape index (κ1) is 15.4. The van der Waals surface area contributed by atoms with Gasteiger partial charge in [-0.2, -0.15) is 4.79 Å². The number of hydrogen-bond donors (Lipinski definition) is 0. The maximum absolute atomic E-state index is 11.4. The van der Waals surface area contributed by atoms with E-state index in [0.717, 1.165) is 5.56 Å². The lowest BCUT2D eigenvalue weighted by Gasteiger charge is -2.00. The molecule has 0 unspecified atom stereocenters. The third kappa shape index (κ3) is 4.03. The Morgan fingerprint density at radius 2 is 2.00 bits per heavy atom. The van der Waals surface area contributed by atoms with E-state index in [1.807, 2.05) is 0 Å². The largest absolute Gasteiger partial charge is 1.00 e. The second-order valence-corrected chi connectivity index (χ2v) is 3.20. The van der Waals surface area contributed by atoms with Crippen molar-refractivity contribution in [1.29, 1.82) is 0 Å². The average Bonchev–Trinajstić information content (AvgIpc) is 2.27. The first-order chi connectivity index (χ1) is 7.58. The number of rotatable bonds is 2. The number of halogens is 1. The lowest BCUT2D eigenvalue weighted by atomic mass is 10.2. The maximum atomic E-state index is 11.4. The van der Waals surface area contributed by atoms with Crippen LogP contribution < -0.4 is 17.0 Å². The van der Waals surface area contributed by atoms with Gasteiger partial charge in [-0.05, 0) is 19.9 Å². The van der Waals surface area contributed by atoms with Gasteiger partial charge in [-0.3, -0.25) is 0 Å². The summed E-state index contributed by atoms with van der Waals surface area (Å²) in [6.07, 6.45) is 2.46. The van der Waals surface area contributed by atoms with Crippen molar-refractivity contribution in [1.82, 2.24) is 0 Å². The van der Waals surface area contributed by atoms with E-state index in [2.05, 4.69) is 4.74 Å². The molecule has 5 nitrogen and oxygen atoms in total. The molecule has 0 saturated heterocycles. The van der Waals surface area contributed by atoms with Crippen LogP contribution in [-0.2, 0) is 9.47 Å². The second-order valence-electron chi connectivity index (χ2n) is 3.20. The van der Waals surface area contributed by atoms with Crippen molar-refractivity contribution in [3.63, 3.8) is 0 Å². The van der Waals surface area contributed by atoms with Gasteiger partial charge >= 0.3 is 12.1 Å².